The Kier molecular flexibility index (Phi) is 6.81. The van der Waals surface area contributed by atoms with Crippen molar-refractivity contribution < 1.29 is 24.0 Å². The van der Waals surface area contributed by atoms with Crippen LogP contribution in [0.3, 0.4) is 0 Å². The van der Waals surface area contributed by atoms with E-state index in [1.165, 1.54) is 11.8 Å². The summed E-state index contributed by atoms with van der Waals surface area (Å²) in [5, 5.41) is 1.99. The maximum atomic E-state index is 13.2. The molecule has 176 valence electrons. The van der Waals surface area contributed by atoms with Crippen molar-refractivity contribution in [3.8, 4) is 0 Å². The first kappa shape index (κ1) is 23.4. The van der Waals surface area contributed by atoms with Gasteiger partial charge in [-0.15, -0.1) is 0 Å². The molecule has 33 heavy (non-hydrogen) atoms. The largest absolute Gasteiger partial charge is 0.457 e. The molecule has 2 atom stereocenters. The molecule has 1 fully saturated rings. The van der Waals surface area contributed by atoms with Crippen molar-refractivity contribution in [1.82, 2.24) is 15.7 Å². The highest BCUT2D eigenvalue weighted by Crippen LogP contribution is 2.49. The van der Waals surface area contributed by atoms with Crippen LogP contribution in [0.5, 0.6) is 0 Å². The zero-order valence-corrected chi connectivity index (χ0v) is 19.9. The molecule has 1 saturated heterocycles. The molecule has 2 amide bonds. The fourth-order valence-corrected chi connectivity index (χ4v) is 5.49. The Labute approximate surface area is 197 Å². The zero-order valence-electron chi connectivity index (χ0n) is 19.1. The third-order valence-corrected chi connectivity index (χ3v) is 6.74. The topological polar surface area (TPSA) is 97.0 Å². The van der Waals surface area contributed by atoms with Gasteiger partial charge in [0.25, 0.3) is 0 Å². The molecule has 3 aliphatic rings. The molecule has 3 heterocycles. The average Bonchev–Trinajstić information content (AvgIpc) is 3.14. The Morgan fingerprint density at radius 1 is 1.15 bits per heavy atom. The zero-order chi connectivity index (χ0) is 23.6. The van der Waals surface area contributed by atoms with Gasteiger partial charge in [0, 0.05) is 30.1 Å². The summed E-state index contributed by atoms with van der Waals surface area (Å²) < 4.78 is 5.64. The van der Waals surface area contributed by atoms with Gasteiger partial charge in [-0.25, -0.2) is 10.3 Å². The van der Waals surface area contributed by atoms with E-state index in [0.29, 0.717) is 5.57 Å². The minimum atomic E-state index is -0.918. The molecule has 0 aromatic heterocycles. The molecule has 2 bridgehead atoms. The fourth-order valence-electron chi connectivity index (χ4n) is 4.12. The second-order valence-electron chi connectivity index (χ2n) is 9.33. The van der Waals surface area contributed by atoms with Crippen LogP contribution < -0.4 is 10.8 Å². The van der Waals surface area contributed by atoms with Crippen molar-refractivity contribution in [1.29, 1.82) is 0 Å². The van der Waals surface area contributed by atoms with E-state index in [9.17, 15) is 14.4 Å². The van der Waals surface area contributed by atoms with Crippen LogP contribution in [0.15, 0.2) is 52.6 Å². The van der Waals surface area contributed by atoms with Gasteiger partial charge in [-0.3, -0.25) is 14.4 Å². The van der Waals surface area contributed by atoms with Gasteiger partial charge >= 0.3 is 17.8 Å². The van der Waals surface area contributed by atoms with Gasteiger partial charge in [0.05, 0.1) is 11.2 Å². The highest BCUT2D eigenvalue weighted by Gasteiger charge is 2.43. The molecule has 3 aliphatic heterocycles. The lowest BCUT2D eigenvalue weighted by molar-refractivity contribution is -0.154. The summed E-state index contributed by atoms with van der Waals surface area (Å²) in [6.45, 7) is 7.23. The van der Waals surface area contributed by atoms with E-state index in [-0.39, 0.29) is 12.5 Å². The number of carbonyl (C=O) groups excluding carboxylic acids is 3. The Hall–Kier alpha value is -2.78. The second kappa shape index (κ2) is 9.61. The summed E-state index contributed by atoms with van der Waals surface area (Å²) in [5.74, 6) is -2.06. The number of benzene rings is 1. The smallest absolute Gasteiger partial charge is 0.337 e. The first-order valence-corrected chi connectivity index (χ1v) is 12.0. The number of hydrogen-bond donors (Lipinski definition) is 2. The Bertz CT molecular complexity index is 999. The highest BCUT2D eigenvalue weighted by atomic mass is 32.2. The van der Waals surface area contributed by atoms with Gasteiger partial charge in [-0.05, 0) is 44.7 Å². The minimum absolute atomic E-state index is 0.136. The Balaban J connectivity index is 1.54. The van der Waals surface area contributed by atoms with Crippen LogP contribution in [0.2, 0.25) is 0 Å². The summed E-state index contributed by atoms with van der Waals surface area (Å²) in [6.07, 6.45) is 4.06. The SMILES string of the molecule is CC(C)(C)ONC(=O)C(=O)NC1SC2=CN3CCCC(C3)C2=C1C(=O)OCc1ccccc1. The van der Waals surface area contributed by atoms with Gasteiger partial charge in [0.2, 0.25) is 0 Å². The standard InChI is InChI=1S/C24H29N3O5S/c1-24(2,3)32-26-21(29)20(28)25-22-19(23(30)31-14-15-8-5-4-6-9-15)18-16-10-7-11-27(12-16)13-17(18)33-22/h4-6,8-9,13,16,22H,7,10-12,14H2,1-3H3,(H,25,28)(H,26,29). The number of esters is 1. The maximum Gasteiger partial charge on any atom is 0.337 e. The van der Waals surface area contributed by atoms with Gasteiger partial charge in [0.15, 0.2) is 0 Å². The number of ether oxygens (including phenoxy) is 1. The number of nitrogens with one attached hydrogen (secondary N) is 2. The molecule has 0 spiro atoms. The van der Waals surface area contributed by atoms with Crippen LogP contribution >= 0.6 is 11.8 Å². The number of hydroxylamine groups is 1. The quantitative estimate of drug-likeness (QED) is 0.387. The van der Waals surface area contributed by atoms with Crippen molar-refractivity contribution >= 4 is 29.5 Å². The van der Waals surface area contributed by atoms with Gasteiger partial charge < -0.3 is 15.0 Å². The van der Waals surface area contributed by atoms with Crippen molar-refractivity contribution in [2.75, 3.05) is 13.1 Å². The summed E-state index contributed by atoms with van der Waals surface area (Å²) >= 11 is 1.37. The lowest BCUT2D eigenvalue weighted by atomic mass is 9.85. The molecule has 0 saturated carbocycles. The Morgan fingerprint density at radius 3 is 2.64 bits per heavy atom. The van der Waals surface area contributed by atoms with Crippen LogP contribution in [0, 0.1) is 5.92 Å². The maximum absolute atomic E-state index is 13.2. The molecule has 8 nitrogen and oxygen atoms in total. The lowest BCUT2D eigenvalue weighted by Crippen LogP contribution is -2.46. The fraction of sp³-hybridized carbons (Fsp3) is 0.458. The van der Waals surface area contributed by atoms with E-state index in [1.54, 1.807) is 20.8 Å². The third kappa shape index (κ3) is 5.59. The molecule has 0 radical (unpaired) electrons. The molecular weight excluding hydrogens is 442 g/mol. The van der Waals surface area contributed by atoms with Crippen LogP contribution in [0.4, 0.5) is 0 Å². The molecule has 1 aromatic carbocycles. The van der Waals surface area contributed by atoms with Crippen LogP contribution in [0.25, 0.3) is 0 Å². The summed E-state index contributed by atoms with van der Waals surface area (Å²) in [7, 11) is 0. The minimum Gasteiger partial charge on any atom is -0.457 e. The lowest BCUT2D eigenvalue weighted by Gasteiger charge is -2.37. The van der Waals surface area contributed by atoms with E-state index < -0.39 is 28.8 Å². The third-order valence-electron chi connectivity index (χ3n) is 5.57. The first-order valence-electron chi connectivity index (χ1n) is 11.1. The van der Waals surface area contributed by atoms with E-state index in [1.807, 2.05) is 30.3 Å². The highest BCUT2D eigenvalue weighted by molar-refractivity contribution is 8.04. The molecule has 0 aliphatic carbocycles. The number of rotatable bonds is 5. The van der Waals surface area contributed by atoms with Crippen molar-refractivity contribution in [3.63, 3.8) is 0 Å². The Morgan fingerprint density at radius 2 is 1.91 bits per heavy atom. The van der Waals surface area contributed by atoms with E-state index >= 15 is 0 Å². The van der Waals surface area contributed by atoms with Crippen molar-refractivity contribution in [3.05, 3.63) is 58.1 Å². The van der Waals surface area contributed by atoms with E-state index in [4.69, 9.17) is 9.57 Å². The van der Waals surface area contributed by atoms with E-state index in [2.05, 4.69) is 21.9 Å². The number of thioether (sulfide) groups is 1. The van der Waals surface area contributed by atoms with Crippen molar-refractivity contribution in [2.24, 2.45) is 5.92 Å². The summed E-state index contributed by atoms with van der Waals surface area (Å²) in [6, 6.07) is 9.45. The van der Waals surface area contributed by atoms with Gasteiger partial charge in [-0.1, -0.05) is 42.1 Å². The number of piperidine rings is 1. The van der Waals surface area contributed by atoms with Gasteiger partial charge in [-0.2, -0.15) is 0 Å². The molecular formula is C24H29N3O5S. The predicted molar refractivity (Wildman–Crippen MR) is 124 cm³/mol. The molecule has 1 aromatic rings. The summed E-state index contributed by atoms with van der Waals surface area (Å²) in [4.78, 5) is 46.5. The van der Waals surface area contributed by atoms with Crippen LogP contribution in [-0.4, -0.2) is 46.7 Å². The molecule has 2 N–H and O–H groups in total. The monoisotopic (exact) mass is 471 g/mol. The number of carbonyl (C=O) groups is 3. The number of nitrogens with zero attached hydrogens (tertiary/aromatic N) is 1. The predicted octanol–water partition coefficient (Wildman–Crippen LogP) is 2.63. The molecule has 2 unspecified atom stereocenters. The first-order chi connectivity index (χ1) is 15.7. The molecule has 4 rings (SSSR count). The second-order valence-corrected chi connectivity index (χ2v) is 10.5. The van der Waals surface area contributed by atoms with Crippen molar-refractivity contribution in [2.45, 2.75) is 51.2 Å². The normalized spacial score (nSPS) is 21.8. The number of hydrogen-bond acceptors (Lipinski definition) is 7. The van der Waals surface area contributed by atoms with Crippen LogP contribution in [0.1, 0.15) is 39.2 Å². The molecule has 9 heteroatoms. The van der Waals surface area contributed by atoms with Crippen LogP contribution in [-0.2, 0) is 30.6 Å². The number of allylic oxidation sites excluding steroid dienone is 1. The average molecular weight is 472 g/mol. The van der Waals surface area contributed by atoms with Gasteiger partial charge in [0.1, 0.15) is 12.0 Å². The van der Waals surface area contributed by atoms with E-state index in [0.717, 1.165) is 42.0 Å². The summed E-state index contributed by atoms with van der Waals surface area (Å²) in [5.41, 5.74) is 3.77. The number of fused-ring (bicyclic) bond motifs is 4. The number of amides is 2.